The van der Waals surface area contributed by atoms with Crippen LogP contribution in [0, 0.1) is 0 Å². The van der Waals surface area contributed by atoms with Crippen LogP contribution in [-0.4, -0.2) is 51.9 Å². The van der Waals surface area contributed by atoms with Crippen molar-refractivity contribution in [3.8, 4) is 11.5 Å². The summed E-state index contributed by atoms with van der Waals surface area (Å²) in [7, 11) is 3.47. The van der Waals surface area contributed by atoms with Crippen LogP contribution in [0.15, 0.2) is 46.8 Å². The van der Waals surface area contributed by atoms with E-state index in [0.717, 1.165) is 43.4 Å². The first-order valence-electron chi connectivity index (χ1n) is 9.74. The zero-order chi connectivity index (χ0) is 19.8. The van der Waals surface area contributed by atoms with Crippen molar-refractivity contribution < 1.29 is 9.47 Å². The number of rotatable bonds is 7. The highest BCUT2D eigenvalue weighted by molar-refractivity contribution is 14.0. The standard InChI is InChI=1S/C21H30N4O2S.HI/c1-16(27-19-8-6-18(26-3)7-9-19)15-23-21(22-2)24-17-10-12-25(13-11-17)20-5-4-14-28-20;/h4-9,14,16-17H,10-13,15H2,1-3H3,(H2,22,23,24);1H. The summed E-state index contributed by atoms with van der Waals surface area (Å²) >= 11 is 1.81. The van der Waals surface area contributed by atoms with Crippen molar-refractivity contribution in [1.82, 2.24) is 10.6 Å². The molecule has 0 saturated carbocycles. The van der Waals surface area contributed by atoms with E-state index < -0.39 is 0 Å². The SMILES string of the molecule is CN=C(NCC(C)Oc1ccc(OC)cc1)NC1CCN(c2cccs2)CC1.I. The van der Waals surface area contributed by atoms with Crippen LogP contribution in [0.4, 0.5) is 5.00 Å². The number of nitrogens with zero attached hydrogens (tertiary/aromatic N) is 2. The van der Waals surface area contributed by atoms with Crippen molar-refractivity contribution in [2.24, 2.45) is 4.99 Å². The quantitative estimate of drug-likeness (QED) is 0.323. The van der Waals surface area contributed by atoms with Gasteiger partial charge < -0.3 is 25.0 Å². The average molecular weight is 530 g/mol. The lowest BCUT2D eigenvalue weighted by atomic mass is 10.1. The zero-order valence-corrected chi connectivity index (χ0v) is 20.4. The molecule has 2 heterocycles. The van der Waals surface area contributed by atoms with Crippen LogP contribution in [0.5, 0.6) is 11.5 Å². The first-order chi connectivity index (χ1) is 13.7. The van der Waals surface area contributed by atoms with Gasteiger partial charge in [-0.2, -0.15) is 0 Å². The van der Waals surface area contributed by atoms with Crippen molar-refractivity contribution >= 4 is 46.3 Å². The second kappa shape index (κ2) is 12.1. The maximum absolute atomic E-state index is 5.95. The van der Waals surface area contributed by atoms with E-state index in [4.69, 9.17) is 9.47 Å². The molecule has 0 amide bonds. The lowest BCUT2D eigenvalue weighted by Gasteiger charge is -2.33. The second-order valence-electron chi connectivity index (χ2n) is 6.91. The molecule has 8 heteroatoms. The smallest absolute Gasteiger partial charge is 0.191 e. The Morgan fingerprint density at radius 1 is 1.21 bits per heavy atom. The average Bonchev–Trinajstić information content (AvgIpc) is 3.27. The highest BCUT2D eigenvalue weighted by Gasteiger charge is 2.20. The van der Waals surface area contributed by atoms with Crippen molar-refractivity contribution in [3.05, 3.63) is 41.8 Å². The Morgan fingerprint density at radius 2 is 1.90 bits per heavy atom. The van der Waals surface area contributed by atoms with E-state index in [1.54, 1.807) is 7.11 Å². The summed E-state index contributed by atoms with van der Waals surface area (Å²) in [6, 6.07) is 12.4. The van der Waals surface area contributed by atoms with Gasteiger partial charge >= 0.3 is 0 Å². The van der Waals surface area contributed by atoms with Crippen LogP contribution >= 0.6 is 35.3 Å². The fraction of sp³-hybridized carbons (Fsp3) is 0.476. The number of aliphatic imine (C=N–C) groups is 1. The molecule has 1 aromatic carbocycles. The van der Waals surface area contributed by atoms with Crippen molar-refractivity contribution in [2.45, 2.75) is 31.9 Å². The Kier molecular flexibility index (Phi) is 9.86. The Morgan fingerprint density at radius 3 is 2.48 bits per heavy atom. The number of nitrogens with one attached hydrogen (secondary N) is 2. The van der Waals surface area contributed by atoms with E-state index in [0.29, 0.717) is 12.6 Å². The second-order valence-corrected chi connectivity index (χ2v) is 7.84. The Balaban J connectivity index is 0.00000300. The molecule has 0 bridgehead atoms. The molecule has 1 aromatic heterocycles. The van der Waals surface area contributed by atoms with Gasteiger partial charge in [-0.3, -0.25) is 4.99 Å². The van der Waals surface area contributed by atoms with E-state index in [-0.39, 0.29) is 30.1 Å². The van der Waals surface area contributed by atoms with Crippen molar-refractivity contribution in [1.29, 1.82) is 0 Å². The van der Waals surface area contributed by atoms with Gasteiger partial charge in [0.25, 0.3) is 0 Å². The number of thiophene rings is 1. The van der Waals surface area contributed by atoms with Gasteiger partial charge in [0.2, 0.25) is 0 Å². The van der Waals surface area contributed by atoms with Gasteiger partial charge in [0.05, 0.1) is 18.7 Å². The third-order valence-corrected chi connectivity index (χ3v) is 5.76. The highest BCUT2D eigenvalue weighted by atomic mass is 127. The molecule has 1 saturated heterocycles. The number of hydrogen-bond acceptors (Lipinski definition) is 5. The number of piperidine rings is 1. The Hall–Kier alpha value is -1.68. The van der Waals surface area contributed by atoms with Crippen molar-refractivity contribution in [2.75, 3.05) is 38.7 Å². The van der Waals surface area contributed by atoms with Gasteiger partial charge in [-0.25, -0.2) is 0 Å². The summed E-state index contributed by atoms with van der Waals surface area (Å²) in [4.78, 5) is 6.83. The number of anilines is 1. The fourth-order valence-corrected chi connectivity index (χ4v) is 4.04. The summed E-state index contributed by atoms with van der Waals surface area (Å²) in [5.41, 5.74) is 0. The third kappa shape index (κ3) is 7.26. The molecule has 1 atom stereocenters. The van der Waals surface area contributed by atoms with E-state index in [9.17, 15) is 0 Å². The predicted molar refractivity (Wildman–Crippen MR) is 133 cm³/mol. The van der Waals surface area contributed by atoms with Crippen molar-refractivity contribution in [3.63, 3.8) is 0 Å². The van der Waals surface area contributed by atoms with Crippen LogP contribution in [0.3, 0.4) is 0 Å². The summed E-state index contributed by atoms with van der Waals surface area (Å²) in [6.07, 6.45) is 2.24. The number of methoxy groups -OCH3 is 1. The minimum absolute atomic E-state index is 0. The lowest BCUT2D eigenvalue weighted by Crippen LogP contribution is -2.50. The van der Waals surface area contributed by atoms with Crippen LogP contribution in [0.25, 0.3) is 0 Å². The summed E-state index contributed by atoms with van der Waals surface area (Å²) in [5, 5.41) is 10.4. The molecule has 3 rings (SSSR count). The first kappa shape index (κ1) is 23.6. The van der Waals surface area contributed by atoms with Gasteiger partial charge in [-0.1, -0.05) is 0 Å². The molecule has 1 fully saturated rings. The van der Waals surface area contributed by atoms with Crippen LogP contribution in [0.2, 0.25) is 0 Å². The van der Waals surface area contributed by atoms with Crippen LogP contribution in [0.1, 0.15) is 19.8 Å². The molecular weight excluding hydrogens is 499 g/mol. The van der Waals surface area contributed by atoms with Gasteiger partial charge in [-0.05, 0) is 61.5 Å². The van der Waals surface area contributed by atoms with E-state index in [1.165, 1.54) is 5.00 Å². The maximum atomic E-state index is 5.95. The molecule has 2 aromatic rings. The van der Waals surface area contributed by atoms with Crippen LogP contribution in [-0.2, 0) is 0 Å². The highest BCUT2D eigenvalue weighted by Crippen LogP contribution is 2.24. The maximum Gasteiger partial charge on any atom is 0.191 e. The van der Waals surface area contributed by atoms with E-state index >= 15 is 0 Å². The minimum atomic E-state index is 0. The number of guanidine groups is 1. The predicted octanol–water partition coefficient (Wildman–Crippen LogP) is 3.98. The molecule has 2 N–H and O–H groups in total. The number of ether oxygens (including phenoxy) is 2. The van der Waals surface area contributed by atoms with Gasteiger partial charge in [0.1, 0.15) is 17.6 Å². The summed E-state index contributed by atoms with van der Waals surface area (Å²) in [6.45, 7) is 4.88. The first-order valence-corrected chi connectivity index (χ1v) is 10.6. The minimum Gasteiger partial charge on any atom is -0.497 e. The lowest BCUT2D eigenvalue weighted by molar-refractivity contribution is 0.223. The molecule has 1 aliphatic heterocycles. The molecule has 0 radical (unpaired) electrons. The van der Waals surface area contributed by atoms with Crippen LogP contribution < -0.4 is 25.0 Å². The zero-order valence-electron chi connectivity index (χ0n) is 17.3. The van der Waals surface area contributed by atoms with Gasteiger partial charge in [0.15, 0.2) is 5.96 Å². The number of benzene rings is 1. The number of hydrogen-bond donors (Lipinski definition) is 2. The molecular formula is C21H31IN4O2S. The molecule has 29 heavy (non-hydrogen) atoms. The molecule has 0 aliphatic carbocycles. The molecule has 0 spiro atoms. The normalized spacial score (nSPS) is 16.0. The van der Waals surface area contributed by atoms with E-state index in [2.05, 4.69) is 38.0 Å². The molecule has 1 unspecified atom stereocenters. The molecule has 6 nitrogen and oxygen atoms in total. The molecule has 160 valence electrons. The number of halogens is 1. The van der Waals surface area contributed by atoms with Gasteiger partial charge in [0, 0.05) is 26.2 Å². The summed E-state index contributed by atoms with van der Waals surface area (Å²) in [5.74, 6) is 2.49. The Bertz CT molecular complexity index is 732. The van der Waals surface area contributed by atoms with E-state index in [1.807, 2.05) is 49.6 Å². The topological polar surface area (TPSA) is 58.1 Å². The largest absolute Gasteiger partial charge is 0.497 e. The monoisotopic (exact) mass is 530 g/mol. The summed E-state index contributed by atoms with van der Waals surface area (Å²) < 4.78 is 11.1. The fourth-order valence-electron chi connectivity index (χ4n) is 3.25. The third-order valence-electron chi connectivity index (χ3n) is 4.83. The van der Waals surface area contributed by atoms with Gasteiger partial charge in [-0.15, -0.1) is 35.3 Å². The Labute approximate surface area is 194 Å². The molecule has 1 aliphatic rings.